The fourth-order valence-corrected chi connectivity index (χ4v) is 3.51. The van der Waals surface area contributed by atoms with E-state index in [4.69, 9.17) is 16.3 Å². The Morgan fingerprint density at radius 3 is 2.63 bits per heavy atom. The average molecular weight is 408 g/mol. The molecule has 0 aliphatic carbocycles. The van der Waals surface area contributed by atoms with Crippen molar-refractivity contribution in [1.82, 2.24) is 5.32 Å². The summed E-state index contributed by atoms with van der Waals surface area (Å²) in [4.78, 5) is 37.2. The van der Waals surface area contributed by atoms with Crippen LogP contribution >= 0.6 is 22.9 Å². The number of nitrogens with one attached hydrogen (secondary N) is 2. The van der Waals surface area contributed by atoms with Crippen LogP contribution < -0.4 is 15.5 Å². The number of amides is 2. The maximum absolute atomic E-state index is 12.1. The maximum Gasteiger partial charge on any atom is 0.414 e. The number of carbonyl (C=O) groups is 3. The number of hydrogen-bond donors (Lipinski definition) is 2. The highest BCUT2D eigenvalue weighted by molar-refractivity contribution is 7.17. The SMILES string of the molecule is CC(=O)CNc1ccc(N2CC(CNC(=O)c3ccc(Cl)s3)OC2=O)cc1. The van der Waals surface area contributed by atoms with Gasteiger partial charge in [-0.1, -0.05) is 11.6 Å². The lowest BCUT2D eigenvalue weighted by molar-refractivity contribution is -0.115. The van der Waals surface area contributed by atoms with Gasteiger partial charge in [0.25, 0.3) is 5.91 Å². The van der Waals surface area contributed by atoms with Crippen molar-refractivity contribution in [3.05, 3.63) is 45.6 Å². The minimum absolute atomic E-state index is 0.0388. The van der Waals surface area contributed by atoms with Crippen molar-refractivity contribution in [2.75, 3.05) is 29.9 Å². The van der Waals surface area contributed by atoms with Gasteiger partial charge in [0, 0.05) is 11.4 Å². The van der Waals surface area contributed by atoms with Crippen molar-refractivity contribution in [2.24, 2.45) is 0 Å². The standard InChI is InChI=1S/C18H18ClN3O4S/c1-11(23)8-20-12-2-4-13(5-3-12)22-10-14(26-18(22)25)9-21-17(24)15-6-7-16(19)27-15/h2-7,14,20H,8-10H2,1H3,(H,21,24). The van der Waals surface area contributed by atoms with E-state index in [0.717, 1.165) is 5.69 Å². The van der Waals surface area contributed by atoms with Gasteiger partial charge in [-0.15, -0.1) is 11.3 Å². The van der Waals surface area contributed by atoms with Crippen LogP contribution in [0.4, 0.5) is 16.2 Å². The number of ether oxygens (including phenoxy) is 1. The molecule has 1 unspecified atom stereocenters. The van der Waals surface area contributed by atoms with E-state index in [9.17, 15) is 14.4 Å². The first-order chi connectivity index (χ1) is 12.9. The second-order valence-electron chi connectivity index (χ2n) is 6.03. The van der Waals surface area contributed by atoms with Crippen molar-refractivity contribution < 1.29 is 19.1 Å². The van der Waals surface area contributed by atoms with Crippen LogP contribution in [0.25, 0.3) is 0 Å². The first kappa shape index (κ1) is 19.2. The Labute approximate surface area is 165 Å². The third-order valence-corrected chi connectivity index (χ3v) is 5.11. The summed E-state index contributed by atoms with van der Waals surface area (Å²) in [7, 11) is 0. The van der Waals surface area contributed by atoms with Crippen LogP contribution in [-0.2, 0) is 9.53 Å². The quantitative estimate of drug-likeness (QED) is 0.736. The van der Waals surface area contributed by atoms with Crippen molar-refractivity contribution in [3.8, 4) is 0 Å². The third-order valence-electron chi connectivity index (χ3n) is 3.88. The van der Waals surface area contributed by atoms with Crippen molar-refractivity contribution >= 4 is 52.1 Å². The smallest absolute Gasteiger partial charge is 0.414 e. The van der Waals surface area contributed by atoms with Gasteiger partial charge in [-0.2, -0.15) is 0 Å². The summed E-state index contributed by atoms with van der Waals surface area (Å²) in [6, 6.07) is 10.4. The van der Waals surface area contributed by atoms with E-state index in [2.05, 4.69) is 10.6 Å². The molecule has 0 bridgehead atoms. The highest BCUT2D eigenvalue weighted by Crippen LogP contribution is 2.24. The molecule has 1 atom stereocenters. The summed E-state index contributed by atoms with van der Waals surface area (Å²) in [6.45, 7) is 2.31. The zero-order chi connectivity index (χ0) is 19.4. The number of Topliss-reactive ketones (excluding diaryl/α,β-unsaturated/α-hetero) is 1. The molecule has 9 heteroatoms. The summed E-state index contributed by atoms with van der Waals surface area (Å²) in [6.07, 6.45) is -0.898. The first-order valence-corrected chi connectivity index (χ1v) is 9.47. The van der Waals surface area contributed by atoms with E-state index in [1.54, 1.807) is 36.4 Å². The molecule has 2 amide bonds. The number of cyclic esters (lactones) is 1. The monoisotopic (exact) mass is 407 g/mol. The summed E-state index contributed by atoms with van der Waals surface area (Å²) in [5.41, 5.74) is 1.48. The normalized spacial score (nSPS) is 16.1. The van der Waals surface area contributed by atoms with Crippen LogP contribution in [-0.4, -0.2) is 43.5 Å². The number of ketones is 1. The van der Waals surface area contributed by atoms with E-state index in [1.807, 2.05) is 0 Å². The number of thiophene rings is 1. The molecular formula is C18H18ClN3O4S. The second-order valence-corrected chi connectivity index (χ2v) is 7.75. The van der Waals surface area contributed by atoms with Crippen LogP contribution in [0.2, 0.25) is 4.34 Å². The third kappa shape index (κ3) is 4.99. The van der Waals surface area contributed by atoms with Gasteiger partial charge in [-0.25, -0.2) is 4.79 Å². The molecule has 142 valence electrons. The largest absolute Gasteiger partial charge is 0.442 e. The molecular weight excluding hydrogens is 390 g/mol. The summed E-state index contributed by atoms with van der Waals surface area (Å²) in [5, 5.41) is 5.74. The molecule has 2 aromatic rings. The molecule has 7 nitrogen and oxygen atoms in total. The fraction of sp³-hybridized carbons (Fsp3) is 0.278. The molecule has 2 heterocycles. The molecule has 2 N–H and O–H groups in total. The summed E-state index contributed by atoms with van der Waals surface area (Å²) >= 11 is 7.02. The van der Waals surface area contributed by atoms with Crippen LogP contribution in [0, 0.1) is 0 Å². The second kappa shape index (κ2) is 8.41. The summed E-state index contributed by atoms with van der Waals surface area (Å²) < 4.78 is 5.86. The lowest BCUT2D eigenvalue weighted by Gasteiger charge is -2.14. The Kier molecular flexibility index (Phi) is 5.98. The maximum atomic E-state index is 12.1. The molecule has 1 aliphatic heterocycles. The Hall–Kier alpha value is -2.58. The van der Waals surface area contributed by atoms with Gasteiger partial charge in [0.05, 0.1) is 28.8 Å². The molecule has 1 saturated heterocycles. The Morgan fingerprint density at radius 1 is 1.26 bits per heavy atom. The van der Waals surface area contributed by atoms with Crippen LogP contribution in [0.3, 0.4) is 0 Å². The Balaban J connectivity index is 1.54. The van der Waals surface area contributed by atoms with E-state index in [1.165, 1.54) is 23.2 Å². The van der Waals surface area contributed by atoms with E-state index in [-0.39, 0.29) is 24.8 Å². The molecule has 1 aromatic carbocycles. The van der Waals surface area contributed by atoms with Gasteiger partial charge in [0.2, 0.25) is 0 Å². The molecule has 0 spiro atoms. The molecule has 1 aromatic heterocycles. The number of hydrogen-bond acceptors (Lipinski definition) is 6. The number of nitrogens with zero attached hydrogens (tertiary/aromatic N) is 1. The van der Waals surface area contributed by atoms with Gasteiger partial charge in [0.15, 0.2) is 0 Å². The van der Waals surface area contributed by atoms with E-state index >= 15 is 0 Å². The summed E-state index contributed by atoms with van der Waals surface area (Å²) in [5.74, 6) is -0.209. The predicted molar refractivity (Wildman–Crippen MR) is 105 cm³/mol. The van der Waals surface area contributed by atoms with Crippen molar-refractivity contribution in [3.63, 3.8) is 0 Å². The molecule has 0 saturated carbocycles. The van der Waals surface area contributed by atoms with Gasteiger partial charge in [-0.3, -0.25) is 14.5 Å². The molecule has 1 fully saturated rings. The zero-order valence-electron chi connectivity index (χ0n) is 14.5. The van der Waals surface area contributed by atoms with Gasteiger partial charge in [0.1, 0.15) is 11.9 Å². The fourth-order valence-electron chi connectivity index (χ4n) is 2.55. The number of rotatable bonds is 7. The number of benzene rings is 1. The van der Waals surface area contributed by atoms with Gasteiger partial charge < -0.3 is 15.4 Å². The molecule has 3 rings (SSSR count). The molecule has 27 heavy (non-hydrogen) atoms. The Morgan fingerprint density at radius 2 is 2.00 bits per heavy atom. The highest BCUT2D eigenvalue weighted by Gasteiger charge is 2.32. The number of anilines is 2. The number of halogens is 1. The van der Waals surface area contributed by atoms with Crippen molar-refractivity contribution in [1.29, 1.82) is 0 Å². The van der Waals surface area contributed by atoms with Crippen LogP contribution in [0.1, 0.15) is 16.6 Å². The molecule has 1 aliphatic rings. The Bertz CT molecular complexity index is 853. The average Bonchev–Trinajstić information content (AvgIpc) is 3.24. The highest BCUT2D eigenvalue weighted by atomic mass is 35.5. The lowest BCUT2D eigenvalue weighted by Crippen LogP contribution is -2.34. The van der Waals surface area contributed by atoms with Crippen LogP contribution in [0.15, 0.2) is 36.4 Å². The van der Waals surface area contributed by atoms with E-state index in [0.29, 0.717) is 21.4 Å². The minimum Gasteiger partial charge on any atom is -0.442 e. The minimum atomic E-state index is -0.460. The van der Waals surface area contributed by atoms with Crippen molar-refractivity contribution in [2.45, 2.75) is 13.0 Å². The molecule has 0 radical (unpaired) electrons. The topological polar surface area (TPSA) is 87.7 Å². The number of carbonyl (C=O) groups excluding carboxylic acids is 3. The lowest BCUT2D eigenvalue weighted by atomic mass is 10.2. The van der Waals surface area contributed by atoms with Gasteiger partial charge in [-0.05, 0) is 43.3 Å². The van der Waals surface area contributed by atoms with E-state index < -0.39 is 12.2 Å². The van der Waals surface area contributed by atoms with Gasteiger partial charge >= 0.3 is 6.09 Å². The zero-order valence-corrected chi connectivity index (χ0v) is 16.1. The first-order valence-electron chi connectivity index (χ1n) is 8.27. The predicted octanol–water partition coefficient (Wildman–Crippen LogP) is 3.16. The van der Waals surface area contributed by atoms with Crippen LogP contribution in [0.5, 0.6) is 0 Å².